The first-order valence-corrected chi connectivity index (χ1v) is 12.0. The van der Waals surface area contributed by atoms with Crippen LogP contribution in [0.5, 0.6) is 5.75 Å². The molecular weight excluding hydrogens is 362 g/mol. The van der Waals surface area contributed by atoms with Gasteiger partial charge in [0.15, 0.2) is 0 Å². The van der Waals surface area contributed by atoms with Crippen LogP contribution in [-0.2, 0) is 9.84 Å². The zero-order chi connectivity index (χ0) is 19.4. The van der Waals surface area contributed by atoms with Crippen molar-refractivity contribution in [3.05, 3.63) is 18.2 Å². The Balaban J connectivity index is 1.46. The Hall–Kier alpha value is -1.47. The van der Waals surface area contributed by atoms with Gasteiger partial charge in [0, 0.05) is 37.6 Å². The molecule has 2 aliphatic rings. The lowest BCUT2D eigenvalue weighted by Crippen LogP contribution is -2.42. The molecular formula is C20H33N3O3S. The van der Waals surface area contributed by atoms with Crippen molar-refractivity contribution in [2.24, 2.45) is 11.8 Å². The minimum absolute atomic E-state index is 0.279. The van der Waals surface area contributed by atoms with E-state index < -0.39 is 9.84 Å². The highest BCUT2D eigenvalue weighted by Crippen LogP contribution is 2.35. The summed E-state index contributed by atoms with van der Waals surface area (Å²) in [6, 6.07) is 6.04. The van der Waals surface area contributed by atoms with Crippen molar-refractivity contribution in [2.45, 2.75) is 25.7 Å². The maximum atomic E-state index is 11.3. The third-order valence-electron chi connectivity index (χ3n) is 6.20. The van der Waals surface area contributed by atoms with Crippen LogP contribution in [-0.4, -0.2) is 65.2 Å². The Morgan fingerprint density at radius 3 is 2.22 bits per heavy atom. The zero-order valence-electron chi connectivity index (χ0n) is 16.6. The van der Waals surface area contributed by atoms with E-state index >= 15 is 0 Å². The number of nitrogens with zero attached hydrogens (tertiary/aromatic N) is 2. The Labute approximate surface area is 163 Å². The van der Waals surface area contributed by atoms with Gasteiger partial charge in [-0.1, -0.05) is 0 Å². The number of likely N-dealkylation sites (tertiary alicyclic amines) is 1. The van der Waals surface area contributed by atoms with Gasteiger partial charge in [0.05, 0.1) is 18.6 Å². The van der Waals surface area contributed by atoms with Crippen LogP contribution in [0.1, 0.15) is 25.7 Å². The average molecular weight is 396 g/mol. The molecule has 152 valence electrons. The highest BCUT2D eigenvalue weighted by Gasteiger charge is 2.30. The Bertz CT molecular complexity index is 722. The fourth-order valence-electron chi connectivity index (χ4n) is 4.47. The van der Waals surface area contributed by atoms with Crippen LogP contribution < -0.4 is 15.4 Å². The molecule has 3 rings (SSSR count). The SMILES string of the molecule is COc1cc(N2CCC(C3CCN(CCS(C)(=O)=O)CC3)CC2)ccc1N. The summed E-state index contributed by atoms with van der Waals surface area (Å²) in [7, 11) is -1.21. The van der Waals surface area contributed by atoms with Crippen LogP contribution in [0.2, 0.25) is 0 Å². The lowest BCUT2D eigenvalue weighted by atomic mass is 9.78. The molecule has 2 N–H and O–H groups in total. The standard InChI is InChI=1S/C20H33N3O3S/c1-26-20-15-18(3-4-19(20)21)23-11-7-17(8-12-23)16-5-9-22(10-6-16)13-14-27(2,24)25/h3-4,15-17H,5-14,21H2,1-2H3. The number of methoxy groups -OCH3 is 1. The first-order valence-electron chi connectivity index (χ1n) is 9.94. The summed E-state index contributed by atoms with van der Waals surface area (Å²) < 4.78 is 28.0. The number of rotatable bonds is 6. The molecule has 0 aliphatic carbocycles. The van der Waals surface area contributed by atoms with Crippen LogP contribution >= 0.6 is 0 Å². The largest absolute Gasteiger partial charge is 0.495 e. The summed E-state index contributed by atoms with van der Waals surface area (Å²) in [6.45, 7) is 4.91. The molecule has 2 heterocycles. The van der Waals surface area contributed by atoms with Gasteiger partial charge in [0.2, 0.25) is 0 Å². The fourth-order valence-corrected chi connectivity index (χ4v) is 5.06. The predicted octanol–water partition coefficient (Wildman–Crippen LogP) is 2.25. The summed E-state index contributed by atoms with van der Waals surface area (Å²) in [5, 5.41) is 0. The maximum Gasteiger partial charge on any atom is 0.148 e. The van der Waals surface area contributed by atoms with Crippen molar-refractivity contribution >= 4 is 21.2 Å². The molecule has 0 radical (unpaired) electrons. The van der Waals surface area contributed by atoms with Crippen molar-refractivity contribution in [2.75, 3.05) is 62.5 Å². The molecule has 0 atom stereocenters. The first kappa shape index (κ1) is 20.3. The van der Waals surface area contributed by atoms with E-state index in [9.17, 15) is 8.42 Å². The maximum absolute atomic E-state index is 11.3. The van der Waals surface area contributed by atoms with Crippen molar-refractivity contribution < 1.29 is 13.2 Å². The van der Waals surface area contributed by atoms with E-state index in [0.29, 0.717) is 12.2 Å². The minimum Gasteiger partial charge on any atom is -0.495 e. The van der Waals surface area contributed by atoms with Crippen molar-refractivity contribution in [1.29, 1.82) is 0 Å². The number of nitrogens with two attached hydrogens (primary N) is 1. The smallest absolute Gasteiger partial charge is 0.148 e. The van der Waals surface area contributed by atoms with E-state index in [1.165, 1.54) is 37.6 Å². The second-order valence-corrected chi connectivity index (χ2v) is 10.3. The Morgan fingerprint density at radius 1 is 1.07 bits per heavy atom. The van der Waals surface area contributed by atoms with Crippen LogP contribution in [0.25, 0.3) is 0 Å². The third-order valence-corrected chi connectivity index (χ3v) is 7.12. The lowest BCUT2D eigenvalue weighted by molar-refractivity contribution is 0.139. The second kappa shape index (κ2) is 8.69. The summed E-state index contributed by atoms with van der Waals surface area (Å²) in [5.74, 6) is 2.59. The van der Waals surface area contributed by atoms with Gasteiger partial charge in [0.1, 0.15) is 15.6 Å². The van der Waals surface area contributed by atoms with Crippen LogP contribution in [0, 0.1) is 11.8 Å². The van der Waals surface area contributed by atoms with E-state index in [-0.39, 0.29) is 5.75 Å². The van der Waals surface area contributed by atoms with Gasteiger partial charge in [-0.05, 0) is 62.7 Å². The summed E-state index contributed by atoms with van der Waals surface area (Å²) in [5.41, 5.74) is 7.79. The van der Waals surface area contributed by atoms with Crippen molar-refractivity contribution in [3.63, 3.8) is 0 Å². The summed E-state index contributed by atoms with van der Waals surface area (Å²) >= 11 is 0. The number of hydrogen-bond acceptors (Lipinski definition) is 6. The first-order chi connectivity index (χ1) is 12.9. The van der Waals surface area contributed by atoms with E-state index in [0.717, 1.165) is 43.8 Å². The average Bonchev–Trinajstić information content (AvgIpc) is 2.67. The molecule has 6 nitrogen and oxygen atoms in total. The fraction of sp³-hybridized carbons (Fsp3) is 0.700. The molecule has 27 heavy (non-hydrogen) atoms. The predicted molar refractivity (Wildman–Crippen MR) is 111 cm³/mol. The van der Waals surface area contributed by atoms with E-state index in [1.807, 2.05) is 12.1 Å². The summed E-state index contributed by atoms with van der Waals surface area (Å²) in [4.78, 5) is 4.74. The minimum atomic E-state index is -2.86. The molecule has 2 aliphatic heterocycles. The Kier molecular flexibility index (Phi) is 6.52. The van der Waals surface area contributed by atoms with Crippen LogP contribution in [0.4, 0.5) is 11.4 Å². The van der Waals surface area contributed by atoms with Gasteiger partial charge in [-0.25, -0.2) is 8.42 Å². The number of nitrogen functional groups attached to an aromatic ring is 1. The van der Waals surface area contributed by atoms with Gasteiger partial charge in [-0.3, -0.25) is 0 Å². The van der Waals surface area contributed by atoms with E-state index in [4.69, 9.17) is 10.5 Å². The quantitative estimate of drug-likeness (QED) is 0.745. The monoisotopic (exact) mass is 395 g/mol. The molecule has 0 saturated carbocycles. The second-order valence-electron chi connectivity index (χ2n) is 8.06. The summed E-state index contributed by atoms with van der Waals surface area (Å²) in [6.07, 6.45) is 6.17. The number of piperidine rings is 2. The molecule has 0 aromatic heterocycles. The van der Waals surface area contributed by atoms with E-state index in [1.54, 1.807) is 7.11 Å². The lowest BCUT2D eigenvalue weighted by Gasteiger charge is -2.41. The normalized spacial score (nSPS) is 20.7. The molecule has 2 fully saturated rings. The topological polar surface area (TPSA) is 75.9 Å². The van der Waals surface area contributed by atoms with Gasteiger partial charge < -0.3 is 20.3 Å². The number of hydrogen-bond donors (Lipinski definition) is 1. The molecule has 0 unspecified atom stereocenters. The molecule has 0 spiro atoms. The number of anilines is 2. The number of sulfone groups is 1. The van der Waals surface area contributed by atoms with Gasteiger partial charge >= 0.3 is 0 Å². The molecule has 0 amide bonds. The number of benzene rings is 1. The van der Waals surface area contributed by atoms with Gasteiger partial charge in [-0.2, -0.15) is 0 Å². The van der Waals surface area contributed by atoms with Gasteiger partial charge in [-0.15, -0.1) is 0 Å². The molecule has 0 bridgehead atoms. The van der Waals surface area contributed by atoms with E-state index in [2.05, 4.69) is 15.9 Å². The number of ether oxygens (including phenoxy) is 1. The Morgan fingerprint density at radius 2 is 1.67 bits per heavy atom. The third kappa shape index (κ3) is 5.51. The molecule has 1 aromatic rings. The zero-order valence-corrected chi connectivity index (χ0v) is 17.4. The molecule has 1 aromatic carbocycles. The van der Waals surface area contributed by atoms with Crippen LogP contribution in [0.3, 0.4) is 0 Å². The molecule has 2 saturated heterocycles. The van der Waals surface area contributed by atoms with Crippen molar-refractivity contribution in [1.82, 2.24) is 4.90 Å². The van der Waals surface area contributed by atoms with Crippen LogP contribution in [0.15, 0.2) is 18.2 Å². The highest BCUT2D eigenvalue weighted by molar-refractivity contribution is 7.90. The highest BCUT2D eigenvalue weighted by atomic mass is 32.2. The molecule has 7 heteroatoms. The van der Waals surface area contributed by atoms with Gasteiger partial charge in [0.25, 0.3) is 0 Å². The van der Waals surface area contributed by atoms with Crippen molar-refractivity contribution in [3.8, 4) is 5.75 Å².